The Labute approximate surface area is 133 Å². The van der Waals surface area contributed by atoms with Crippen LogP contribution >= 0.6 is 0 Å². The number of carbonyl (C=O) groups excluding carboxylic acids is 2. The summed E-state index contributed by atoms with van der Waals surface area (Å²) in [6.45, 7) is 1.67. The third kappa shape index (κ3) is 2.34. The van der Waals surface area contributed by atoms with Crippen LogP contribution in [0, 0.1) is 11.8 Å². The van der Waals surface area contributed by atoms with Crippen LogP contribution in [-0.2, 0) is 4.79 Å². The minimum absolute atomic E-state index is 0.0378. The number of carbonyl (C=O) groups is 2. The van der Waals surface area contributed by atoms with Crippen molar-refractivity contribution >= 4 is 17.5 Å². The van der Waals surface area contributed by atoms with Gasteiger partial charge in [-0.2, -0.15) is 0 Å². The molecule has 0 spiro atoms. The number of hydrogen-bond acceptors (Lipinski definition) is 5. The summed E-state index contributed by atoms with van der Waals surface area (Å²) in [5, 5.41) is 0. The minimum atomic E-state index is -0.138. The number of fused-ring (bicyclic) bond motifs is 1. The topological polar surface area (TPSA) is 79.3 Å². The van der Waals surface area contributed by atoms with Crippen LogP contribution in [0.2, 0.25) is 0 Å². The van der Waals surface area contributed by atoms with Gasteiger partial charge in [-0.1, -0.05) is 0 Å². The van der Waals surface area contributed by atoms with Crippen LogP contribution in [0.15, 0.2) is 43.2 Å². The highest BCUT2D eigenvalue weighted by Crippen LogP contribution is 2.35. The fraction of sp³-hybridized carbons (Fsp3) is 0.312. The number of nitrogens with zero attached hydrogens (tertiary/aromatic N) is 5. The largest absolute Gasteiger partial charge is 0.337 e. The molecular formula is C16H15N5O2. The molecule has 4 heterocycles. The molecule has 2 aliphatic heterocycles. The van der Waals surface area contributed by atoms with E-state index in [2.05, 4.69) is 15.0 Å². The van der Waals surface area contributed by atoms with E-state index in [9.17, 15) is 9.59 Å². The molecule has 116 valence electrons. The molecule has 2 aromatic rings. The molecule has 7 heteroatoms. The number of likely N-dealkylation sites (tertiary alicyclic amines) is 1. The first-order valence-electron chi connectivity index (χ1n) is 7.50. The smallest absolute Gasteiger partial charge is 0.253 e. The third-order valence-corrected chi connectivity index (χ3v) is 4.51. The zero-order valence-corrected chi connectivity index (χ0v) is 12.4. The van der Waals surface area contributed by atoms with Gasteiger partial charge in [0.1, 0.15) is 6.33 Å². The summed E-state index contributed by atoms with van der Waals surface area (Å²) in [6, 6.07) is 3.40. The highest BCUT2D eigenvalue weighted by atomic mass is 16.2. The van der Waals surface area contributed by atoms with Crippen LogP contribution in [-0.4, -0.2) is 51.3 Å². The fourth-order valence-electron chi connectivity index (χ4n) is 3.37. The molecule has 2 fully saturated rings. The van der Waals surface area contributed by atoms with Crippen molar-refractivity contribution in [1.29, 1.82) is 0 Å². The van der Waals surface area contributed by atoms with Crippen LogP contribution in [0.3, 0.4) is 0 Å². The average Bonchev–Trinajstić information content (AvgIpc) is 3.16. The lowest BCUT2D eigenvalue weighted by Gasteiger charge is -2.21. The first-order chi connectivity index (χ1) is 11.2. The van der Waals surface area contributed by atoms with E-state index >= 15 is 0 Å². The molecule has 0 aromatic carbocycles. The summed E-state index contributed by atoms with van der Waals surface area (Å²) in [5.41, 5.74) is 1.33. The molecule has 2 atom stereocenters. The molecule has 23 heavy (non-hydrogen) atoms. The zero-order valence-electron chi connectivity index (χ0n) is 12.4. The lowest BCUT2D eigenvalue weighted by Crippen LogP contribution is -2.35. The van der Waals surface area contributed by atoms with Gasteiger partial charge >= 0.3 is 0 Å². The first kappa shape index (κ1) is 13.8. The van der Waals surface area contributed by atoms with Crippen LogP contribution in [0.4, 0.5) is 5.69 Å². The minimum Gasteiger partial charge on any atom is -0.337 e. The Hall–Kier alpha value is -2.83. The molecular weight excluding hydrogens is 294 g/mol. The van der Waals surface area contributed by atoms with Gasteiger partial charge in [-0.3, -0.25) is 14.6 Å². The standard InChI is InChI=1S/C16H15N5O2/c22-15(11-1-3-17-4-2-11)20-7-12-8-21(16(23)14(12)9-20)13-5-18-10-19-6-13/h1-6,10,12,14H,7-9H2/t12-,14-/m0/s1. The summed E-state index contributed by atoms with van der Waals surface area (Å²) >= 11 is 0. The highest BCUT2D eigenvalue weighted by molar-refractivity contribution is 5.99. The van der Waals surface area contributed by atoms with E-state index in [0.717, 1.165) is 5.69 Å². The average molecular weight is 309 g/mol. The number of aromatic nitrogens is 3. The Morgan fingerprint density at radius 1 is 1.04 bits per heavy atom. The Morgan fingerprint density at radius 3 is 2.48 bits per heavy atom. The lowest BCUT2D eigenvalue weighted by atomic mass is 10.0. The first-order valence-corrected chi connectivity index (χ1v) is 7.50. The molecule has 0 aliphatic carbocycles. The number of anilines is 1. The van der Waals surface area contributed by atoms with Gasteiger partial charge in [0, 0.05) is 43.5 Å². The van der Waals surface area contributed by atoms with E-state index in [1.807, 2.05) is 0 Å². The normalized spacial score (nSPS) is 23.2. The second-order valence-electron chi connectivity index (χ2n) is 5.86. The maximum atomic E-state index is 12.6. The summed E-state index contributed by atoms with van der Waals surface area (Å²) in [5.74, 6) is 0.0357. The van der Waals surface area contributed by atoms with E-state index in [1.54, 1.807) is 46.7 Å². The van der Waals surface area contributed by atoms with Crippen LogP contribution < -0.4 is 4.90 Å². The molecule has 2 amide bonds. The van der Waals surface area contributed by atoms with Gasteiger partial charge in [0.2, 0.25) is 5.91 Å². The molecule has 2 saturated heterocycles. The summed E-state index contributed by atoms with van der Waals surface area (Å²) in [7, 11) is 0. The molecule has 7 nitrogen and oxygen atoms in total. The van der Waals surface area contributed by atoms with Crippen molar-refractivity contribution in [2.24, 2.45) is 11.8 Å². The van der Waals surface area contributed by atoms with Crippen LogP contribution in [0.1, 0.15) is 10.4 Å². The van der Waals surface area contributed by atoms with Crippen molar-refractivity contribution in [2.45, 2.75) is 0 Å². The van der Waals surface area contributed by atoms with Gasteiger partial charge in [0.25, 0.3) is 5.91 Å². The van der Waals surface area contributed by atoms with Crippen molar-refractivity contribution in [1.82, 2.24) is 19.9 Å². The maximum absolute atomic E-state index is 12.6. The zero-order chi connectivity index (χ0) is 15.8. The molecule has 0 N–H and O–H groups in total. The fourth-order valence-corrected chi connectivity index (χ4v) is 3.37. The molecule has 0 unspecified atom stereocenters. The van der Waals surface area contributed by atoms with Crippen LogP contribution in [0.5, 0.6) is 0 Å². The maximum Gasteiger partial charge on any atom is 0.253 e. The number of rotatable bonds is 2. The van der Waals surface area contributed by atoms with E-state index in [1.165, 1.54) is 6.33 Å². The van der Waals surface area contributed by atoms with Crippen molar-refractivity contribution in [3.63, 3.8) is 0 Å². The van der Waals surface area contributed by atoms with E-state index in [4.69, 9.17) is 0 Å². The monoisotopic (exact) mass is 309 g/mol. The van der Waals surface area contributed by atoms with Crippen molar-refractivity contribution in [2.75, 3.05) is 24.5 Å². The Morgan fingerprint density at radius 2 is 1.78 bits per heavy atom. The SMILES string of the molecule is O=C(c1ccncc1)N1C[C@H]2CN(c3cncnc3)C(=O)[C@H]2C1. The summed E-state index contributed by atoms with van der Waals surface area (Å²) in [4.78, 5) is 40.4. The van der Waals surface area contributed by atoms with E-state index in [-0.39, 0.29) is 23.7 Å². The van der Waals surface area contributed by atoms with Crippen molar-refractivity contribution < 1.29 is 9.59 Å². The van der Waals surface area contributed by atoms with Gasteiger partial charge in [0.15, 0.2) is 0 Å². The van der Waals surface area contributed by atoms with Crippen molar-refractivity contribution in [3.8, 4) is 0 Å². The molecule has 0 radical (unpaired) electrons. The second-order valence-corrected chi connectivity index (χ2v) is 5.86. The highest BCUT2D eigenvalue weighted by Gasteiger charge is 2.47. The van der Waals surface area contributed by atoms with Gasteiger partial charge in [-0.05, 0) is 12.1 Å². The lowest BCUT2D eigenvalue weighted by molar-refractivity contribution is -0.120. The third-order valence-electron chi connectivity index (χ3n) is 4.51. The Kier molecular flexibility index (Phi) is 3.25. The predicted octanol–water partition coefficient (Wildman–Crippen LogP) is 0.607. The molecule has 2 aromatic heterocycles. The Balaban J connectivity index is 1.49. The summed E-state index contributed by atoms with van der Waals surface area (Å²) in [6.07, 6.45) is 7.94. The number of amides is 2. The molecule has 2 aliphatic rings. The second kappa shape index (κ2) is 5.42. The molecule has 4 rings (SSSR count). The van der Waals surface area contributed by atoms with E-state index in [0.29, 0.717) is 25.2 Å². The summed E-state index contributed by atoms with van der Waals surface area (Å²) < 4.78 is 0. The number of hydrogen-bond donors (Lipinski definition) is 0. The van der Waals surface area contributed by atoms with Gasteiger partial charge in [0.05, 0.1) is 24.0 Å². The van der Waals surface area contributed by atoms with E-state index < -0.39 is 0 Å². The number of pyridine rings is 1. The predicted molar refractivity (Wildman–Crippen MR) is 81.5 cm³/mol. The van der Waals surface area contributed by atoms with Crippen molar-refractivity contribution in [3.05, 3.63) is 48.8 Å². The Bertz CT molecular complexity index is 737. The van der Waals surface area contributed by atoms with Gasteiger partial charge < -0.3 is 9.80 Å². The van der Waals surface area contributed by atoms with Gasteiger partial charge in [-0.25, -0.2) is 9.97 Å². The molecule has 0 saturated carbocycles. The van der Waals surface area contributed by atoms with Crippen LogP contribution in [0.25, 0.3) is 0 Å². The van der Waals surface area contributed by atoms with Gasteiger partial charge in [-0.15, -0.1) is 0 Å². The molecule has 0 bridgehead atoms. The quantitative estimate of drug-likeness (QED) is 0.812.